The predicted octanol–water partition coefficient (Wildman–Crippen LogP) is 3.64. The van der Waals surface area contributed by atoms with Crippen molar-refractivity contribution in [2.45, 2.75) is 45.2 Å². The molecule has 144 valence electrons. The minimum atomic E-state index is -4.24. The van der Waals surface area contributed by atoms with Crippen LogP contribution in [0.2, 0.25) is 0 Å². The van der Waals surface area contributed by atoms with E-state index in [9.17, 15) is 13.0 Å². The Morgan fingerprint density at radius 3 is 2.37 bits per heavy atom. The Kier molecular flexibility index (Phi) is 5.40. The molecule has 0 radical (unpaired) electrons. The molecule has 1 aliphatic rings. The highest BCUT2D eigenvalue weighted by Crippen LogP contribution is 2.25. The molecule has 1 aliphatic heterocycles. The van der Waals surface area contributed by atoms with Crippen molar-refractivity contribution >= 4 is 22.1 Å². The second-order valence-electron chi connectivity index (χ2n) is 7.68. The summed E-state index contributed by atoms with van der Waals surface area (Å²) in [5.41, 5.74) is 4.18. The second kappa shape index (κ2) is 7.44. The van der Waals surface area contributed by atoms with Gasteiger partial charge in [0.1, 0.15) is 29.7 Å². The minimum Gasteiger partial charge on any atom is -0.282 e. The summed E-state index contributed by atoms with van der Waals surface area (Å²) in [5, 5.41) is 0. The molecule has 2 aromatic carbocycles. The van der Waals surface area contributed by atoms with Gasteiger partial charge in [-0.1, -0.05) is 38.1 Å². The first-order valence-corrected chi connectivity index (χ1v) is 10.6. The topological polar surface area (TPSA) is 60.6 Å². The molecule has 0 aromatic heterocycles. The summed E-state index contributed by atoms with van der Waals surface area (Å²) in [6.07, 6.45) is 2.07. The van der Waals surface area contributed by atoms with Crippen molar-refractivity contribution in [3.63, 3.8) is 0 Å². The van der Waals surface area contributed by atoms with E-state index in [4.69, 9.17) is 0 Å². The maximum atomic E-state index is 11.7. The Morgan fingerprint density at radius 2 is 1.78 bits per heavy atom. The van der Waals surface area contributed by atoms with Gasteiger partial charge in [0.25, 0.3) is 10.1 Å². The molecule has 1 heterocycles. The summed E-state index contributed by atoms with van der Waals surface area (Å²) >= 11 is 0. The van der Waals surface area contributed by atoms with E-state index in [-0.39, 0.29) is 10.9 Å². The Balaban J connectivity index is 1.97. The maximum Gasteiger partial charge on any atom is 0.294 e. The van der Waals surface area contributed by atoms with Crippen LogP contribution in [0.4, 0.5) is 5.69 Å². The predicted molar refractivity (Wildman–Crippen MR) is 108 cm³/mol. The Morgan fingerprint density at radius 1 is 1.15 bits per heavy atom. The van der Waals surface area contributed by atoms with Crippen LogP contribution in [0.5, 0.6) is 0 Å². The third-order valence-electron chi connectivity index (χ3n) is 5.01. The quantitative estimate of drug-likeness (QED) is 0.629. The van der Waals surface area contributed by atoms with Gasteiger partial charge in [0.2, 0.25) is 6.34 Å². The highest BCUT2D eigenvalue weighted by molar-refractivity contribution is 7.85. The number of aryl methyl sites for hydroxylation is 2. The summed E-state index contributed by atoms with van der Waals surface area (Å²) in [5.74, 6) is 0.398. The average Bonchev–Trinajstić information content (AvgIpc) is 2.97. The fraction of sp³-hybridized carbons (Fsp3) is 0.381. The van der Waals surface area contributed by atoms with Crippen LogP contribution in [0, 0.1) is 19.8 Å². The molecule has 2 aromatic rings. The summed E-state index contributed by atoms with van der Waals surface area (Å²) in [4.78, 5) is 2.20. The van der Waals surface area contributed by atoms with Crippen LogP contribution in [-0.4, -0.2) is 36.5 Å². The van der Waals surface area contributed by atoms with Crippen LogP contribution >= 0.6 is 0 Å². The molecule has 0 bridgehead atoms. The van der Waals surface area contributed by atoms with Crippen molar-refractivity contribution in [1.29, 1.82) is 0 Å². The third-order valence-corrected chi connectivity index (χ3v) is 5.96. The van der Waals surface area contributed by atoms with Crippen LogP contribution in [0.15, 0.2) is 47.4 Å². The van der Waals surface area contributed by atoms with Gasteiger partial charge in [-0.25, -0.2) is 4.90 Å². The SMILES string of the molecule is Cc1cc(C)cc(N2C=[N+](Cc3ccccc3S(=O)(=O)O)[C@@H](C(C)C)C2)c1. The molecule has 1 atom stereocenters. The molecule has 0 unspecified atom stereocenters. The Labute approximate surface area is 161 Å². The molecular formula is C21H27N2O3S+. The lowest BCUT2D eigenvalue weighted by Crippen LogP contribution is -2.31. The summed E-state index contributed by atoms with van der Waals surface area (Å²) in [6.45, 7) is 9.80. The lowest BCUT2D eigenvalue weighted by atomic mass is 10.0. The van der Waals surface area contributed by atoms with E-state index in [0.717, 1.165) is 12.2 Å². The van der Waals surface area contributed by atoms with E-state index in [2.05, 4.69) is 61.7 Å². The molecular weight excluding hydrogens is 360 g/mol. The monoisotopic (exact) mass is 387 g/mol. The number of benzene rings is 2. The largest absolute Gasteiger partial charge is 0.294 e. The molecule has 0 fully saturated rings. The zero-order chi connectivity index (χ0) is 19.8. The molecule has 0 saturated carbocycles. The summed E-state index contributed by atoms with van der Waals surface area (Å²) < 4.78 is 35.2. The number of hydrogen-bond donors (Lipinski definition) is 1. The first-order chi connectivity index (χ1) is 12.6. The number of hydrogen-bond acceptors (Lipinski definition) is 3. The normalized spacial score (nSPS) is 17.5. The van der Waals surface area contributed by atoms with E-state index in [1.807, 2.05) is 0 Å². The lowest BCUT2D eigenvalue weighted by molar-refractivity contribution is -0.574. The smallest absolute Gasteiger partial charge is 0.282 e. The van der Waals surface area contributed by atoms with Crippen molar-refractivity contribution in [3.05, 3.63) is 59.2 Å². The Hall–Kier alpha value is -2.18. The molecule has 0 amide bonds. The van der Waals surface area contributed by atoms with Gasteiger partial charge in [0, 0.05) is 5.56 Å². The highest BCUT2D eigenvalue weighted by atomic mass is 32.2. The van der Waals surface area contributed by atoms with Gasteiger partial charge in [-0.05, 0) is 49.1 Å². The number of rotatable bonds is 5. The van der Waals surface area contributed by atoms with Crippen molar-refractivity contribution < 1.29 is 17.5 Å². The van der Waals surface area contributed by atoms with Crippen LogP contribution in [0.25, 0.3) is 0 Å². The van der Waals surface area contributed by atoms with Crippen molar-refractivity contribution in [2.24, 2.45) is 5.92 Å². The molecule has 0 spiro atoms. The number of nitrogens with zero attached hydrogens (tertiary/aromatic N) is 2. The van der Waals surface area contributed by atoms with Gasteiger partial charge in [0.05, 0.1) is 0 Å². The molecule has 0 saturated heterocycles. The summed E-state index contributed by atoms with van der Waals surface area (Å²) in [7, 11) is -4.24. The molecule has 27 heavy (non-hydrogen) atoms. The standard InChI is InChI=1S/C21H26N2O3S/c1-15(2)20-13-22(19-10-16(3)9-17(4)11-19)14-23(20)12-18-7-5-6-8-21(18)27(24,25)26/h5-11,14-15,20H,12-13H2,1-4H3/p+1/t20-/m1/s1. The third kappa shape index (κ3) is 4.39. The van der Waals surface area contributed by atoms with Gasteiger partial charge in [0.15, 0.2) is 0 Å². The van der Waals surface area contributed by atoms with E-state index < -0.39 is 10.1 Å². The fourth-order valence-electron chi connectivity index (χ4n) is 3.74. The van der Waals surface area contributed by atoms with Crippen molar-refractivity contribution in [3.8, 4) is 0 Å². The van der Waals surface area contributed by atoms with Gasteiger partial charge < -0.3 is 0 Å². The van der Waals surface area contributed by atoms with E-state index in [1.54, 1.807) is 18.2 Å². The van der Waals surface area contributed by atoms with Crippen LogP contribution in [0.1, 0.15) is 30.5 Å². The lowest BCUT2D eigenvalue weighted by Gasteiger charge is -2.17. The van der Waals surface area contributed by atoms with Crippen molar-refractivity contribution in [2.75, 3.05) is 11.4 Å². The fourth-order valence-corrected chi connectivity index (χ4v) is 4.46. The zero-order valence-corrected chi connectivity index (χ0v) is 17.1. The van der Waals surface area contributed by atoms with Gasteiger partial charge in [-0.3, -0.25) is 9.13 Å². The first kappa shape index (κ1) is 19.6. The highest BCUT2D eigenvalue weighted by Gasteiger charge is 2.35. The molecule has 0 aliphatic carbocycles. The van der Waals surface area contributed by atoms with Crippen LogP contribution in [0.3, 0.4) is 0 Å². The maximum absolute atomic E-state index is 11.7. The minimum absolute atomic E-state index is 0.0224. The van der Waals surface area contributed by atoms with Crippen LogP contribution < -0.4 is 4.90 Å². The van der Waals surface area contributed by atoms with E-state index >= 15 is 0 Å². The molecule has 5 nitrogen and oxygen atoms in total. The van der Waals surface area contributed by atoms with Gasteiger partial charge in [-0.15, -0.1) is 0 Å². The molecule has 6 heteroatoms. The van der Waals surface area contributed by atoms with Crippen LogP contribution in [-0.2, 0) is 16.7 Å². The van der Waals surface area contributed by atoms with Crippen molar-refractivity contribution in [1.82, 2.24) is 0 Å². The summed E-state index contributed by atoms with van der Waals surface area (Å²) in [6, 6.07) is 13.4. The molecule has 1 N–H and O–H groups in total. The average molecular weight is 388 g/mol. The van der Waals surface area contributed by atoms with E-state index in [0.29, 0.717) is 18.0 Å². The van der Waals surface area contributed by atoms with E-state index in [1.165, 1.54) is 17.2 Å². The van der Waals surface area contributed by atoms with Gasteiger partial charge in [-0.2, -0.15) is 8.42 Å². The zero-order valence-electron chi connectivity index (χ0n) is 16.3. The first-order valence-electron chi connectivity index (χ1n) is 9.16. The molecule has 3 rings (SSSR count). The Bertz CT molecular complexity index is 960. The van der Waals surface area contributed by atoms with Gasteiger partial charge >= 0.3 is 0 Å². The second-order valence-corrected chi connectivity index (χ2v) is 9.07. The number of anilines is 1.